The molecule has 5 heterocycles. The molecule has 2 aromatic rings. The molecule has 7 heteroatoms. The van der Waals surface area contributed by atoms with Gasteiger partial charge in [-0.25, -0.2) is 4.98 Å². The number of aliphatic hydroxyl groups excluding tert-OH is 1. The van der Waals surface area contributed by atoms with Crippen molar-refractivity contribution in [3.05, 3.63) is 41.9 Å². The first kappa shape index (κ1) is 16.0. The van der Waals surface area contributed by atoms with E-state index in [0.717, 1.165) is 55.9 Å². The molecule has 2 aromatic heterocycles. The minimum absolute atomic E-state index is 0.266. The predicted molar refractivity (Wildman–Crippen MR) is 97.6 cm³/mol. The highest BCUT2D eigenvalue weighted by Gasteiger charge is 2.33. The molecule has 1 atom stereocenters. The van der Waals surface area contributed by atoms with Gasteiger partial charge >= 0.3 is 0 Å². The minimum Gasteiger partial charge on any atom is -0.389 e. The number of hydrogen-bond acceptors (Lipinski definition) is 7. The van der Waals surface area contributed by atoms with Crippen LogP contribution in [0.1, 0.15) is 29.6 Å². The number of ether oxygens (including phenoxy) is 1. The van der Waals surface area contributed by atoms with Crippen molar-refractivity contribution in [2.24, 2.45) is 0 Å². The molecule has 3 fully saturated rings. The van der Waals surface area contributed by atoms with Crippen LogP contribution in [0, 0.1) is 0 Å². The summed E-state index contributed by atoms with van der Waals surface area (Å²) in [6.45, 7) is 4.61. The largest absolute Gasteiger partial charge is 0.389 e. The number of anilines is 2. The lowest BCUT2D eigenvalue weighted by Gasteiger charge is -2.41. The maximum atomic E-state index is 9.62. The van der Waals surface area contributed by atoms with Crippen LogP contribution in [-0.2, 0) is 4.74 Å². The van der Waals surface area contributed by atoms with E-state index < -0.39 is 0 Å². The van der Waals surface area contributed by atoms with Crippen LogP contribution in [-0.4, -0.2) is 65.6 Å². The number of hydrogen-bond donors (Lipinski definition) is 1. The number of pyridine rings is 1. The highest BCUT2D eigenvalue weighted by molar-refractivity contribution is 5.51. The highest BCUT2D eigenvalue weighted by atomic mass is 16.5. The summed E-state index contributed by atoms with van der Waals surface area (Å²) < 4.78 is 5.55. The van der Waals surface area contributed by atoms with Gasteiger partial charge in [0.15, 0.2) is 0 Å². The van der Waals surface area contributed by atoms with Crippen LogP contribution in [0.15, 0.2) is 30.5 Å². The van der Waals surface area contributed by atoms with E-state index in [1.54, 1.807) is 0 Å². The van der Waals surface area contributed by atoms with Gasteiger partial charge < -0.3 is 19.6 Å². The molecule has 0 spiro atoms. The molecule has 3 aliphatic rings. The molecule has 0 unspecified atom stereocenters. The van der Waals surface area contributed by atoms with Crippen molar-refractivity contribution >= 4 is 11.8 Å². The fourth-order valence-corrected chi connectivity index (χ4v) is 3.81. The predicted octanol–water partition coefficient (Wildman–Crippen LogP) is 1.16. The van der Waals surface area contributed by atoms with Gasteiger partial charge in [-0.15, -0.1) is 0 Å². The number of nitrogens with zero attached hydrogens (tertiary/aromatic N) is 5. The molecule has 0 bridgehead atoms. The number of rotatable bonds is 4. The molecule has 0 aromatic carbocycles. The van der Waals surface area contributed by atoms with E-state index in [2.05, 4.69) is 22.0 Å². The van der Waals surface area contributed by atoms with Crippen LogP contribution in [0.2, 0.25) is 0 Å². The summed E-state index contributed by atoms with van der Waals surface area (Å²) in [6, 6.07) is 8.21. The number of aromatic nitrogens is 3. The van der Waals surface area contributed by atoms with E-state index in [9.17, 15) is 5.11 Å². The minimum atomic E-state index is -0.266. The van der Waals surface area contributed by atoms with Gasteiger partial charge in [0.1, 0.15) is 5.82 Å². The summed E-state index contributed by atoms with van der Waals surface area (Å²) in [7, 11) is 0. The molecule has 5 rings (SSSR count). The molecular weight excluding hydrogens is 330 g/mol. The molecular formula is C19H23N5O2. The van der Waals surface area contributed by atoms with Gasteiger partial charge in [-0.2, -0.15) is 4.98 Å². The zero-order valence-electron chi connectivity index (χ0n) is 14.7. The lowest BCUT2D eigenvalue weighted by atomic mass is 9.95. The first-order chi connectivity index (χ1) is 12.8. The highest BCUT2D eigenvalue weighted by Crippen LogP contribution is 2.34. The fourth-order valence-electron chi connectivity index (χ4n) is 3.81. The zero-order valence-corrected chi connectivity index (χ0v) is 14.7. The fraction of sp³-hybridized carbons (Fsp3) is 0.526. The maximum absolute atomic E-state index is 9.62. The van der Waals surface area contributed by atoms with Gasteiger partial charge in [0, 0.05) is 62.6 Å². The molecule has 0 amide bonds. The Morgan fingerprint density at radius 2 is 1.88 bits per heavy atom. The standard InChI is InChI=1S/C19H23N5O2/c25-15-10-24(11-15)19-21-17(13-4-6-26-12-13)7-18(22-19)23-8-14(9-23)16-3-1-2-5-20-16/h1-3,5,7,13-15,25H,4,6,8-12H2/t13-/m0/s1. The van der Waals surface area contributed by atoms with Crippen molar-refractivity contribution in [2.45, 2.75) is 24.4 Å². The lowest BCUT2D eigenvalue weighted by Crippen LogP contribution is -2.52. The Morgan fingerprint density at radius 3 is 2.58 bits per heavy atom. The van der Waals surface area contributed by atoms with Crippen LogP contribution >= 0.6 is 0 Å². The van der Waals surface area contributed by atoms with E-state index in [0.29, 0.717) is 24.9 Å². The average Bonchev–Trinajstić information content (AvgIpc) is 3.13. The zero-order chi connectivity index (χ0) is 17.5. The van der Waals surface area contributed by atoms with Gasteiger partial charge in [-0.1, -0.05) is 6.07 Å². The van der Waals surface area contributed by atoms with Gasteiger partial charge in [0.05, 0.1) is 18.4 Å². The van der Waals surface area contributed by atoms with E-state index >= 15 is 0 Å². The van der Waals surface area contributed by atoms with Gasteiger partial charge in [0.2, 0.25) is 5.95 Å². The van der Waals surface area contributed by atoms with Crippen molar-refractivity contribution < 1.29 is 9.84 Å². The van der Waals surface area contributed by atoms with Crippen LogP contribution < -0.4 is 9.80 Å². The number of β-amino-alcohol motifs (C(OH)–C–C–N with tert-alkyl or cyclic N) is 1. The molecule has 7 nitrogen and oxygen atoms in total. The molecule has 1 N–H and O–H groups in total. The Labute approximate surface area is 152 Å². The second kappa shape index (κ2) is 6.48. The third-order valence-electron chi connectivity index (χ3n) is 5.53. The van der Waals surface area contributed by atoms with E-state index in [-0.39, 0.29) is 6.10 Å². The third kappa shape index (κ3) is 2.91. The summed E-state index contributed by atoms with van der Waals surface area (Å²) in [4.78, 5) is 18.4. The lowest BCUT2D eigenvalue weighted by molar-refractivity contribution is 0.140. The van der Waals surface area contributed by atoms with Crippen molar-refractivity contribution in [3.63, 3.8) is 0 Å². The van der Waals surface area contributed by atoms with Crippen molar-refractivity contribution in [1.82, 2.24) is 15.0 Å². The van der Waals surface area contributed by atoms with Gasteiger partial charge in [0.25, 0.3) is 0 Å². The van der Waals surface area contributed by atoms with Crippen LogP contribution in [0.3, 0.4) is 0 Å². The second-order valence-corrected chi connectivity index (χ2v) is 7.43. The summed E-state index contributed by atoms with van der Waals surface area (Å²) in [6.07, 6.45) is 2.60. The average molecular weight is 353 g/mol. The van der Waals surface area contributed by atoms with E-state index in [4.69, 9.17) is 14.7 Å². The SMILES string of the molecule is OC1CN(c2nc([C@H]3CCOC3)cc(N3CC(c4ccccn4)C3)n2)C1. The van der Waals surface area contributed by atoms with Gasteiger partial charge in [-0.3, -0.25) is 4.98 Å². The molecule has 3 saturated heterocycles. The first-order valence-electron chi connectivity index (χ1n) is 9.32. The summed E-state index contributed by atoms with van der Waals surface area (Å²) >= 11 is 0. The van der Waals surface area contributed by atoms with Crippen LogP contribution in [0.4, 0.5) is 11.8 Å². The summed E-state index contributed by atoms with van der Waals surface area (Å²) in [5, 5.41) is 9.62. The molecule has 0 saturated carbocycles. The topological polar surface area (TPSA) is 74.6 Å². The quantitative estimate of drug-likeness (QED) is 0.884. The molecule has 136 valence electrons. The maximum Gasteiger partial charge on any atom is 0.227 e. The summed E-state index contributed by atoms with van der Waals surface area (Å²) in [5.41, 5.74) is 2.21. The van der Waals surface area contributed by atoms with Crippen molar-refractivity contribution in [1.29, 1.82) is 0 Å². The Morgan fingerprint density at radius 1 is 1.00 bits per heavy atom. The number of aliphatic hydroxyl groups is 1. The monoisotopic (exact) mass is 353 g/mol. The van der Waals surface area contributed by atoms with Gasteiger partial charge in [-0.05, 0) is 18.6 Å². The molecule has 0 aliphatic carbocycles. The van der Waals surface area contributed by atoms with E-state index in [1.807, 2.05) is 23.2 Å². The first-order valence-corrected chi connectivity index (χ1v) is 9.32. The Hall–Kier alpha value is -2.25. The van der Waals surface area contributed by atoms with Crippen LogP contribution in [0.25, 0.3) is 0 Å². The second-order valence-electron chi connectivity index (χ2n) is 7.43. The third-order valence-corrected chi connectivity index (χ3v) is 5.53. The smallest absolute Gasteiger partial charge is 0.227 e. The Bertz CT molecular complexity index is 769. The summed E-state index contributed by atoms with van der Waals surface area (Å²) in [5.74, 6) is 2.51. The van der Waals surface area contributed by atoms with Crippen molar-refractivity contribution in [3.8, 4) is 0 Å². The molecule has 26 heavy (non-hydrogen) atoms. The normalized spacial score (nSPS) is 23.8. The van der Waals surface area contributed by atoms with Crippen LogP contribution in [0.5, 0.6) is 0 Å². The molecule has 3 aliphatic heterocycles. The Balaban J connectivity index is 1.37. The van der Waals surface area contributed by atoms with E-state index in [1.165, 1.54) is 0 Å². The Kier molecular flexibility index (Phi) is 3.98. The van der Waals surface area contributed by atoms with Crippen molar-refractivity contribution in [2.75, 3.05) is 49.2 Å². The molecule has 0 radical (unpaired) electrons.